The molecule has 0 spiro atoms. The van der Waals surface area contributed by atoms with Crippen molar-refractivity contribution in [2.45, 2.75) is 40.5 Å². The third-order valence-electron chi connectivity index (χ3n) is 3.88. The highest BCUT2D eigenvalue weighted by molar-refractivity contribution is 5.98. The Bertz CT molecular complexity index is 730. The van der Waals surface area contributed by atoms with Gasteiger partial charge in [0.15, 0.2) is 0 Å². The minimum absolute atomic E-state index is 0.291. The molecule has 2 rings (SSSR count). The van der Waals surface area contributed by atoms with Crippen LogP contribution in [0.4, 0.5) is 9.59 Å². The summed E-state index contributed by atoms with van der Waals surface area (Å²) in [5.74, 6) is 0.793. The van der Waals surface area contributed by atoms with Gasteiger partial charge in [0.25, 0.3) is 0 Å². The van der Waals surface area contributed by atoms with Crippen molar-refractivity contribution in [3.8, 4) is 11.5 Å². The fourth-order valence-electron chi connectivity index (χ4n) is 2.48. The summed E-state index contributed by atoms with van der Waals surface area (Å²) in [6, 6.07) is 7.24. The molecule has 0 aromatic heterocycles. The average molecular weight is 360 g/mol. The largest absolute Gasteiger partial charge is 0.513 e. The second-order valence-corrected chi connectivity index (χ2v) is 5.85. The average Bonchev–Trinajstić information content (AvgIpc) is 2.65. The van der Waals surface area contributed by atoms with Gasteiger partial charge < -0.3 is 18.9 Å². The number of hydrogen-bond acceptors (Lipinski definition) is 6. The lowest BCUT2D eigenvalue weighted by atomic mass is 9.99. The number of benzene rings is 2. The molecule has 0 atom stereocenters. The van der Waals surface area contributed by atoms with E-state index >= 15 is 0 Å². The van der Waals surface area contributed by atoms with E-state index < -0.39 is 12.3 Å². The van der Waals surface area contributed by atoms with Crippen LogP contribution in [-0.2, 0) is 9.47 Å². The minimum Gasteiger partial charge on any atom is -0.434 e. The molecule has 0 bridgehead atoms. The molecule has 6 heteroatoms. The standard InChI is InChI=1S/C20H24O6/c1-5-11-23-19(21)25-17-13(3)14(4)18(26-20(22)24-12-6-2)16-10-8-7-9-15(16)17/h7-10H,5-6,11-12H2,1-4H3. The smallest absolute Gasteiger partial charge is 0.434 e. The highest BCUT2D eigenvalue weighted by Crippen LogP contribution is 2.40. The van der Waals surface area contributed by atoms with Gasteiger partial charge in [-0.05, 0) is 37.8 Å². The second kappa shape index (κ2) is 9.08. The van der Waals surface area contributed by atoms with E-state index in [9.17, 15) is 9.59 Å². The molecule has 26 heavy (non-hydrogen) atoms. The zero-order valence-electron chi connectivity index (χ0n) is 15.6. The maximum atomic E-state index is 11.9. The third kappa shape index (κ3) is 4.45. The molecular formula is C20H24O6. The highest BCUT2D eigenvalue weighted by Gasteiger charge is 2.21. The third-order valence-corrected chi connectivity index (χ3v) is 3.88. The van der Waals surface area contributed by atoms with Crippen molar-refractivity contribution < 1.29 is 28.5 Å². The zero-order chi connectivity index (χ0) is 19.1. The van der Waals surface area contributed by atoms with E-state index in [4.69, 9.17) is 18.9 Å². The summed E-state index contributed by atoms with van der Waals surface area (Å²) in [7, 11) is 0. The number of fused-ring (bicyclic) bond motifs is 1. The fourth-order valence-corrected chi connectivity index (χ4v) is 2.48. The highest BCUT2D eigenvalue weighted by atomic mass is 16.7. The van der Waals surface area contributed by atoms with Crippen LogP contribution in [0.3, 0.4) is 0 Å². The molecule has 0 N–H and O–H groups in total. The maximum Gasteiger partial charge on any atom is 0.513 e. The molecule has 0 saturated heterocycles. The van der Waals surface area contributed by atoms with E-state index in [0.29, 0.717) is 59.5 Å². The molecule has 2 aromatic rings. The first-order valence-electron chi connectivity index (χ1n) is 8.70. The van der Waals surface area contributed by atoms with E-state index in [1.54, 1.807) is 26.0 Å². The van der Waals surface area contributed by atoms with Gasteiger partial charge in [-0.3, -0.25) is 0 Å². The Hall–Kier alpha value is -2.76. The first-order chi connectivity index (χ1) is 12.5. The topological polar surface area (TPSA) is 71.1 Å². The van der Waals surface area contributed by atoms with Gasteiger partial charge in [-0.25, -0.2) is 9.59 Å². The van der Waals surface area contributed by atoms with Gasteiger partial charge in [0, 0.05) is 10.8 Å². The molecule has 0 unspecified atom stereocenters. The Kier molecular flexibility index (Phi) is 6.83. The monoisotopic (exact) mass is 360 g/mol. The molecule has 0 aliphatic heterocycles. The molecule has 6 nitrogen and oxygen atoms in total. The normalized spacial score (nSPS) is 10.5. The molecule has 140 valence electrons. The number of hydrogen-bond donors (Lipinski definition) is 0. The summed E-state index contributed by atoms with van der Waals surface area (Å²) in [4.78, 5) is 23.8. The molecular weight excluding hydrogens is 336 g/mol. The van der Waals surface area contributed by atoms with Crippen LogP contribution in [0.1, 0.15) is 37.8 Å². The Morgan fingerprint density at radius 3 is 1.50 bits per heavy atom. The lowest BCUT2D eigenvalue weighted by Gasteiger charge is -2.17. The fraction of sp³-hybridized carbons (Fsp3) is 0.400. The van der Waals surface area contributed by atoms with Crippen LogP contribution in [0.15, 0.2) is 24.3 Å². The molecule has 0 radical (unpaired) electrons. The van der Waals surface area contributed by atoms with E-state index in [-0.39, 0.29) is 0 Å². The maximum absolute atomic E-state index is 11.9. The number of carbonyl (C=O) groups excluding carboxylic acids is 2. The molecule has 2 aromatic carbocycles. The van der Waals surface area contributed by atoms with Crippen molar-refractivity contribution in [2.24, 2.45) is 0 Å². The molecule has 0 aliphatic rings. The van der Waals surface area contributed by atoms with E-state index in [0.717, 1.165) is 0 Å². The van der Waals surface area contributed by atoms with E-state index in [1.807, 2.05) is 26.0 Å². The predicted octanol–water partition coefficient (Wildman–Crippen LogP) is 5.31. The lowest BCUT2D eigenvalue weighted by molar-refractivity contribution is 0.0973. The Labute approximate surface area is 153 Å². The van der Waals surface area contributed by atoms with Crippen molar-refractivity contribution in [3.63, 3.8) is 0 Å². The van der Waals surface area contributed by atoms with E-state index in [1.165, 1.54) is 0 Å². The second-order valence-electron chi connectivity index (χ2n) is 5.85. The van der Waals surface area contributed by atoms with Gasteiger partial charge >= 0.3 is 12.3 Å². The quantitative estimate of drug-likeness (QED) is 0.514. The van der Waals surface area contributed by atoms with Crippen LogP contribution in [0.5, 0.6) is 11.5 Å². The Balaban J connectivity index is 2.44. The summed E-state index contributed by atoms with van der Waals surface area (Å²) in [6.07, 6.45) is -0.0906. The van der Waals surface area contributed by atoms with Crippen LogP contribution in [0.25, 0.3) is 10.8 Å². The summed E-state index contributed by atoms with van der Waals surface area (Å²) < 4.78 is 20.9. The Morgan fingerprint density at radius 1 is 0.769 bits per heavy atom. The number of ether oxygens (including phenoxy) is 4. The van der Waals surface area contributed by atoms with Crippen LogP contribution in [0, 0.1) is 13.8 Å². The van der Waals surface area contributed by atoms with Crippen LogP contribution >= 0.6 is 0 Å². The predicted molar refractivity (Wildman–Crippen MR) is 98.0 cm³/mol. The first-order valence-corrected chi connectivity index (χ1v) is 8.70. The van der Waals surface area contributed by atoms with E-state index in [2.05, 4.69) is 0 Å². The lowest BCUT2D eigenvalue weighted by Crippen LogP contribution is -2.14. The van der Waals surface area contributed by atoms with Crippen LogP contribution in [0.2, 0.25) is 0 Å². The summed E-state index contributed by atoms with van der Waals surface area (Å²) in [6.45, 7) is 7.99. The summed E-state index contributed by atoms with van der Waals surface area (Å²) in [5.41, 5.74) is 1.38. The molecule has 0 aliphatic carbocycles. The summed E-state index contributed by atoms with van der Waals surface area (Å²) >= 11 is 0. The van der Waals surface area contributed by atoms with Crippen molar-refractivity contribution in [2.75, 3.05) is 13.2 Å². The molecule has 0 heterocycles. The van der Waals surface area contributed by atoms with Crippen molar-refractivity contribution in [3.05, 3.63) is 35.4 Å². The van der Waals surface area contributed by atoms with Crippen molar-refractivity contribution >= 4 is 23.1 Å². The zero-order valence-corrected chi connectivity index (χ0v) is 15.6. The molecule has 0 fully saturated rings. The van der Waals surface area contributed by atoms with Crippen LogP contribution < -0.4 is 9.47 Å². The molecule has 0 amide bonds. The molecule has 0 saturated carbocycles. The van der Waals surface area contributed by atoms with Gasteiger partial charge in [-0.2, -0.15) is 0 Å². The Morgan fingerprint density at radius 2 is 1.15 bits per heavy atom. The number of carbonyl (C=O) groups is 2. The first kappa shape index (κ1) is 19.6. The van der Waals surface area contributed by atoms with Gasteiger partial charge in [0.05, 0.1) is 13.2 Å². The number of rotatable bonds is 6. The van der Waals surface area contributed by atoms with Crippen LogP contribution in [-0.4, -0.2) is 25.5 Å². The van der Waals surface area contributed by atoms with Gasteiger partial charge in [0.1, 0.15) is 11.5 Å². The van der Waals surface area contributed by atoms with Crippen molar-refractivity contribution in [1.29, 1.82) is 0 Å². The van der Waals surface area contributed by atoms with Gasteiger partial charge in [0.2, 0.25) is 0 Å². The minimum atomic E-state index is -0.754. The van der Waals surface area contributed by atoms with Gasteiger partial charge in [-0.15, -0.1) is 0 Å². The van der Waals surface area contributed by atoms with Crippen molar-refractivity contribution in [1.82, 2.24) is 0 Å². The summed E-state index contributed by atoms with van der Waals surface area (Å²) in [5, 5.41) is 1.31. The van der Waals surface area contributed by atoms with Gasteiger partial charge in [-0.1, -0.05) is 38.1 Å². The SMILES string of the molecule is CCCOC(=O)Oc1c(C)c(C)c(OC(=O)OCCC)c2ccccc12.